The highest BCUT2D eigenvalue weighted by molar-refractivity contribution is 6.30. The maximum atomic E-state index is 13.3. The van der Waals surface area contributed by atoms with E-state index in [4.69, 9.17) is 11.6 Å². The third-order valence-corrected chi connectivity index (χ3v) is 5.65. The Kier molecular flexibility index (Phi) is 3.34. The van der Waals surface area contributed by atoms with Crippen LogP contribution < -0.4 is 0 Å². The van der Waals surface area contributed by atoms with Gasteiger partial charge in [0.1, 0.15) is 5.15 Å². The summed E-state index contributed by atoms with van der Waals surface area (Å²) in [5.74, 6) is -1.32. The predicted octanol–water partition coefficient (Wildman–Crippen LogP) is 5.28. The van der Waals surface area contributed by atoms with E-state index in [9.17, 15) is 13.2 Å². The minimum absolute atomic E-state index is 0.120. The number of fused-ring (bicyclic) bond motifs is 3. The fraction of sp³-hybridized carbons (Fsp3) is 0.529. The van der Waals surface area contributed by atoms with Gasteiger partial charge in [-0.3, -0.25) is 4.98 Å². The Morgan fingerprint density at radius 3 is 2.52 bits per heavy atom. The van der Waals surface area contributed by atoms with Gasteiger partial charge in [0.05, 0.1) is 17.1 Å². The summed E-state index contributed by atoms with van der Waals surface area (Å²) in [6, 6.07) is 5.46. The smallest absolute Gasteiger partial charge is 0.253 e. The van der Waals surface area contributed by atoms with E-state index < -0.39 is 12.1 Å². The van der Waals surface area contributed by atoms with Crippen LogP contribution in [-0.4, -0.2) is 16.1 Å². The first-order valence-corrected chi connectivity index (χ1v) is 8.21. The van der Waals surface area contributed by atoms with Crippen molar-refractivity contribution in [3.63, 3.8) is 0 Å². The molecule has 3 aliphatic carbocycles. The van der Waals surface area contributed by atoms with Crippen LogP contribution in [-0.2, 0) is 0 Å². The maximum Gasteiger partial charge on any atom is 0.392 e. The summed E-state index contributed by atoms with van der Waals surface area (Å²) in [5.41, 5.74) is 2.26. The van der Waals surface area contributed by atoms with Crippen molar-refractivity contribution in [1.82, 2.24) is 9.97 Å². The average Bonchev–Trinajstić information content (AvgIpc) is 2.43. The molecule has 23 heavy (non-hydrogen) atoms. The lowest BCUT2D eigenvalue weighted by Gasteiger charge is -2.51. The van der Waals surface area contributed by atoms with Crippen molar-refractivity contribution < 1.29 is 13.2 Å². The van der Waals surface area contributed by atoms with E-state index in [2.05, 4.69) is 9.97 Å². The van der Waals surface area contributed by atoms with E-state index >= 15 is 0 Å². The summed E-state index contributed by atoms with van der Waals surface area (Å²) in [4.78, 5) is 8.86. The Morgan fingerprint density at radius 2 is 1.83 bits per heavy atom. The number of alkyl halides is 3. The van der Waals surface area contributed by atoms with Crippen LogP contribution in [0.2, 0.25) is 5.15 Å². The second-order valence-electron chi connectivity index (χ2n) is 6.83. The van der Waals surface area contributed by atoms with Crippen molar-refractivity contribution in [1.29, 1.82) is 0 Å². The number of halogens is 4. The summed E-state index contributed by atoms with van der Waals surface area (Å²) >= 11 is 6.11. The van der Waals surface area contributed by atoms with Crippen LogP contribution in [0.4, 0.5) is 13.2 Å². The first-order chi connectivity index (χ1) is 10.8. The Hall–Kier alpha value is -1.36. The molecule has 2 aromatic rings. The molecule has 3 saturated carbocycles. The van der Waals surface area contributed by atoms with Crippen LogP contribution >= 0.6 is 11.6 Å². The number of hydrogen-bond donors (Lipinski definition) is 0. The van der Waals surface area contributed by atoms with Gasteiger partial charge < -0.3 is 0 Å². The van der Waals surface area contributed by atoms with Crippen LogP contribution in [0.1, 0.15) is 36.6 Å². The third-order valence-electron chi connectivity index (χ3n) is 5.45. The Morgan fingerprint density at radius 1 is 1.09 bits per heavy atom. The predicted molar refractivity (Wildman–Crippen MR) is 82.4 cm³/mol. The number of pyridine rings is 2. The second-order valence-corrected chi connectivity index (χ2v) is 7.22. The fourth-order valence-corrected chi connectivity index (χ4v) is 4.46. The molecule has 6 heteroatoms. The number of nitrogens with zero attached hydrogens (tertiary/aromatic N) is 2. The lowest BCUT2D eigenvalue weighted by molar-refractivity contribution is -0.219. The first kappa shape index (κ1) is 15.2. The Labute approximate surface area is 137 Å². The molecule has 1 unspecified atom stereocenters. The maximum absolute atomic E-state index is 13.3. The van der Waals surface area contributed by atoms with Crippen molar-refractivity contribution in [2.45, 2.75) is 38.3 Å². The van der Waals surface area contributed by atoms with Gasteiger partial charge in [0.15, 0.2) is 0 Å². The summed E-state index contributed by atoms with van der Waals surface area (Å²) in [7, 11) is 0. The summed E-state index contributed by atoms with van der Waals surface area (Å²) in [6.45, 7) is 1.88. The molecule has 0 aromatic carbocycles. The highest BCUT2D eigenvalue weighted by Crippen LogP contribution is 2.59. The lowest BCUT2D eigenvalue weighted by atomic mass is 9.54. The molecule has 0 spiro atoms. The molecule has 3 aliphatic rings. The number of aromatic nitrogens is 2. The topological polar surface area (TPSA) is 25.8 Å². The van der Waals surface area contributed by atoms with E-state index in [1.54, 1.807) is 6.07 Å². The summed E-state index contributed by atoms with van der Waals surface area (Å²) in [6.07, 6.45) is -2.72. The van der Waals surface area contributed by atoms with E-state index in [0.717, 1.165) is 11.1 Å². The molecule has 2 atom stereocenters. The average molecular weight is 341 g/mol. The van der Waals surface area contributed by atoms with Gasteiger partial charge in [0, 0.05) is 23.1 Å². The highest BCUT2D eigenvalue weighted by atomic mass is 35.5. The quantitative estimate of drug-likeness (QED) is 0.660. The van der Waals surface area contributed by atoms with Gasteiger partial charge in [-0.15, -0.1) is 0 Å². The third kappa shape index (κ3) is 2.49. The molecule has 0 amide bonds. The molecule has 2 nitrogen and oxygen atoms in total. The SMILES string of the molecule is Cc1ccc2c([C@H]3CC(C(F)(F)F)C4CC3C4)nc(Cl)cc2n1. The van der Waals surface area contributed by atoms with Crippen LogP contribution in [0.15, 0.2) is 18.2 Å². The molecule has 2 heterocycles. The van der Waals surface area contributed by atoms with Crippen LogP contribution in [0.5, 0.6) is 0 Å². The monoisotopic (exact) mass is 340 g/mol. The normalized spacial score (nSPS) is 30.3. The molecule has 0 saturated heterocycles. The molecule has 0 aliphatic heterocycles. The van der Waals surface area contributed by atoms with Gasteiger partial charge in [-0.05, 0) is 50.2 Å². The lowest BCUT2D eigenvalue weighted by Crippen LogP contribution is -2.47. The van der Waals surface area contributed by atoms with Crippen molar-refractivity contribution in [2.75, 3.05) is 0 Å². The summed E-state index contributed by atoms with van der Waals surface area (Å²) in [5, 5.41) is 1.13. The molecule has 2 aromatic heterocycles. The zero-order chi connectivity index (χ0) is 16.4. The zero-order valence-electron chi connectivity index (χ0n) is 12.6. The minimum Gasteiger partial charge on any atom is -0.253 e. The largest absolute Gasteiger partial charge is 0.392 e. The van der Waals surface area contributed by atoms with Gasteiger partial charge in [-0.2, -0.15) is 13.2 Å². The van der Waals surface area contributed by atoms with Crippen molar-refractivity contribution in [3.8, 4) is 0 Å². The number of hydrogen-bond acceptors (Lipinski definition) is 2. The molecule has 0 radical (unpaired) electrons. The van der Waals surface area contributed by atoms with Gasteiger partial charge in [-0.1, -0.05) is 11.6 Å². The zero-order valence-corrected chi connectivity index (χ0v) is 13.3. The van der Waals surface area contributed by atoms with E-state index in [1.165, 1.54) is 0 Å². The molecule has 3 fully saturated rings. The van der Waals surface area contributed by atoms with Crippen LogP contribution in [0.3, 0.4) is 0 Å². The molecular weight excluding hydrogens is 325 g/mol. The minimum atomic E-state index is -4.13. The Balaban J connectivity index is 1.80. The van der Waals surface area contributed by atoms with Crippen molar-refractivity contribution >= 4 is 22.5 Å². The fourth-order valence-electron chi connectivity index (χ4n) is 4.27. The highest BCUT2D eigenvalue weighted by Gasteiger charge is 2.56. The van der Waals surface area contributed by atoms with E-state index in [-0.39, 0.29) is 24.2 Å². The van der Waals surface area contributed by atoms with Gasteiger partial charge in [-0.25, -0.2) is 4.98 Å². The van der Waals surface area contributed by atoms with E-state index in [0.29, 0.717) is 29.2 Å². The molecular formula is C17H16ClF3N2. The number of rotatable bonds is 1. The number of aryl methyl sites for hydroxylation is 1. The van der Waals surface area contributed by atoms with Gasteiger partial charge >= 0.3 is 6.18 Å². The van der Waals surface area contributed by atoms with Gasteiger partial charge in [0.25, 0.3) is 0 Å². The van der Waals surface area contributed by atoms with Crippen molar-refractivity contribution in [3.05, 3.63) is 34.7 Å². The first-order valence-electron chi connectivity index (χ1n) is 7.83. The van der Waals surface area contributed by atoms with Gasteiger partial charge in [0.2, 0.25) is 0 Å². The molecule has 5 rings (SSSR count). The summed E-state index contributed by atoms with van der Waals surface area (Å²) < 4.78 is 39.9. The van der Waals surface area contributed by atoms with E-state index in [1.807, 2.05) is 19.1 Å². The second kappa shape index (κ2) is 5.07. The molecule has 2 bridgehead atoms. The van der Waals surface area contributed by atoms with Crippen molar-refractivity contribution in [2.24, 2.45) is 17.8 Å². The Bertz CT molecular complexity index is 763. The molecule has 0 N–H and O–H groups in total. The standard InChI is InChI=1S/C17H16ClF3N2/c1-8-2-3-11-14(22-8)7-15(18)23-16(11)12-6-13(17(19,20)21)10-4-9(12)5-10/h2-3,7,9-10,12-13H,4-6H2,1H3/t9?,10?,12-,13?/m0/s1. The molecule has 122 valence electrons. The van der Waals surface area contributed by atoms with Crippen LogP contribution in [0, 0.1) is 24.7 Å². The van der Waals surface area contributed by atoms with Crippen LogP contribution in [0.25, 0.3) is 10.9 Å².